The summed E-state index contributed by atoms with van der Waals surface area (Å²) in [5, 5.41) is 14.1. The van der Waals surface area contributed by atoms with E-state index < -0.39 is 4.92 Å². The third kappa shape index (κ3) is 2.67. The first kappa shape index (κ1) is 11.3. The summed E-state index contributed by atoms with van der Waals surface area (Å²) in [6, 6.07) is 4.58. The zero-order valence-corrected chi connectivity index (χ0v) is 9.26. The van der Waals surface area contributed by atoms with Crippen molar-refractivity contribution in [2.45, 2.75) is 0 Å². The Balaban J connectivity index is 2.30. The van der Waals surface area contributed by atoms with Gasteiger partial charge in [0.1, 0.15) is 11.5 Å². The van der Waals surface area contributed by atoms with E-state index in [9.17, 15) is 10.1 Å². The molecule has 2 aromatic heterocycles. The number of nitrogens with zero attached hydrogens (tertiary/aromatic N) is 3. The second-order valence-corrected chi connectivity index (χ2v) is 3.57. The van der Waals surface area contributed by atoms with Crippen molar-refractivity contribution < 1.29 is 4.92 Å². The molecule has 0 aliphatic heterocycles. The van der Waals surface area contributed by atoms with Crippen LogP contribution in [0.1, 0.15) is 0 Å². The molecule has 0 saturated heterocycles. The first-order valence-electron chi connectivity index (χ1n) is 4.64. The summed E-state index contributed by atoms with van der Waals surface area (Å²) in [5.74, 6) is 0.463. The second-order valence-electron chi connectivity index (χ2n) is 3.14. The molecule has 86 valence electrons. The lowest BCUT2D eigenvalue weighted by Gasteiger charge is -2.05. The molecule has 6 nitrogen and oxygen atoms in total. The van der Waals surface area contributed by atoms with Crippen molar-refractivity contribution in [1.29, 1.82) is 0 Å². The highest BCUT2D eigenvalue weighted by Gasteiger charge is 2.13. The molecule has 0 atom stereocenters. The molecule has 0 amide bonds. The molecule has 7 heteroatoms. The van der Waals surface area contributed by atoms with Crippen LogP contribution >= 0.6 is 11.6 Å². The molecule has 0 bridgehead atoms. The van der Waals surface area contributed by atoms with Crippen LogP contribution in [0.2, 0.25) is 5.02 Å². The Morgan fingerprint density at radius 2 is 2.12 bits per heavy atom. The number of halogens is 1. The lowest BCUT2D eigenvalue weighted by atomic mass is 10.3. The van der Waals surface area contributed by atoms with Gasteiger partial charge in [-0.3, -0.25) is 15.1 Å². The van der Waals surface area contributed by atoms with Gasteiger partial charge in [-0.1, -0.05) is 11.6 Å². The zero-order valence-electron chi connectivity index (χ0n) is 8.50. The molecule has 0 saturated carbocycles. The standard InChI is InChI=1S/C10H7ClN4O2/c11-7-1-2-10(13-5-7)14-8-6-12-4-3-9(8)15(16)17/h1-6H,(H,13,14). The molecule has 0 unspecified atom stereocenters. The minimum absolute atomic E-state index is 0.0586. The maximum Gasteiger partial charge on any atom is 0.295 e. The average Bonchev–Trinajstić information content (AvgIpc) is 2.32. The molecular weight excluding hydrogens is 244 g/mol. The van der Waals surface area contributed by atoms with Crippen molar-refractivity contribution >= 4 is 28.8 Å². The highest BCUT2D eigenvalue weighted by atomic mass is 35.5. The van der Waals surface area contributed by atoms with Crippen LogP contribution in [-0.2, 0) is 0 Å². The van der Waals surface area contributed by atoms with Gasteiger partial charge < -0.3 is 5.32 Å². The lowest BCUT2D eigenvalue weighted by Crippen LogP contribution is -1.98. The van der Waals surface area contributed by atoms with Gasteiger partial charge >= 0.3 is 0 Å². The van der Waals surface area contributed by atoms with E-state index in [4.69, 9.17) is 11.6 Å². The predicted molar refractivity (Wildman–Crippen MR) is 63.4 cm³/mol. The van der Waals surface area contributed by atoms with Gasteiger partial charge in [0, 0.05) is 18.5 Å². The van der Waals surface area contributed by atoms with Crippen LogP contribution in [0.5, 0.6) is 0 Å². The van der Waals surface area contributed by atoms with E-state index in [2.05, 4.69) is 15.3 Å². The van der Waals surface area contributed by atoms with Crippen LogP contribution < -0.4 is 5.32 Å². The van der Waals surface area contributed by atoms with Crippen LogP contribution in [0.3, 0.4) is 0 Å². The number of nitrogens with one attached hydrogen (secondary N) is 1. The first-order chi connectivity index (χ1) is 8.16. The van der Waals surface area contributed by atoms with Gasteiger partial charge in [0.25, 0.3) is 5.69 Å². The summed E-state index contributed by atoms with van der Waals surface area (Å²) in [5.41, 5.74) is 0.226. The van der Waals surface area contributed by atoms with Gasteiger partial charge in [-0.2, -0.15) is 0 Å². The first-order valence-corrected chi connectivity index (χ1v) is 5.01. The number of anilines is 2. The fourth-order valence-corrected chi connectivity index (χ4v) is 1.34. The lowest BCUT2D eigenvalue weighted by molar-refractivity contribution is -0.384. The van der Waals surface area contributed by atoms with E-state index in [1.165, 1.54) is 24.7 Å². The predicted octanol–water partition coefficient (Wildman–Crippen LogP) is 2.78. The second kappa shape index (κ2) is 4.75. The third-order valence-electron chi connectivity index (χ3n) is 1.98. The number of hydrogen-bond donors (Lipinski definition) is 1. The van der Waals surface area contributed by atoms with E-state index >= 15 is 0 Å². The number of pyridine rings is 2. The third-order valence-corrected chi connectivity index (χ3v) is 2.21. The molecule has 17 heavy (non-hydrogen) atoms. The van der Waals surface area contributed by atoms with Crippen LogP contribution in [-0.4, -0.2) is 14.9 Å². The Hall–Kier alpha value is -2.21. The molecule has 2 heterocycles. The largest absolute Gasteiger partial charge is 0.333 e. The highest BCUT2D eigenvalue weighted by molar-refractivity contribution is 6.30. The van der Waals surface area contributed by atoms with E-state index in [0.717, 1.165) is 0 Å². The van der Waals surface area contributed by atoms with Crippen LogP contribution in [0.4, 0.5) is 17.2 Å². The van der Waals surface area contributed by atoms with Gasteiger partial charge in [0.2, 0.25) is 0 Å². The quantitative estimate of drug-likeness (QED) is 0.669. The smallest absolute Gasteiger partial charge is 0.295 e. The summed E-state index contributed by atoms with van der Waals surface area (Å²) >= 11 is 5.69. The van der Waals surface area contributed by atoms with Crippen molar-refractivity contribution in [1.82, 2.24) is 9.97 Å². The SMILES string of the molecule is O=[N+]([O-])c1ccncc1Nc1ccc(Cl)cn1. The summed E-state index contributed by atoms with van der Waals surface area (Å²) in [4.78, 5) is 18.1. The number of rotatable bonds is 3. The van der Waals surface area contributed by atoms with Gasteiger partial charge in [0.15, 0.2) is 0 Å². The summed E-state index contributed by atoms with van der Waals surface area (Å²) in [7, 11) is 0. The van der Waals surface area contributed by atoms with E-state index in [1.807, 2.05) is 0 Å². The van der Waals surface area contributed by atoms with Gasteiger partial charge in [-0.15, -0.1) is 0 Å². The molecule has 1 N–H and O–H groups in total. The van der Waals surface area contributed by atoms with Crippen LogP contribution in [0, 0.1) is 10.1 Å². The maximum absolute atomic E-state index is 10.8. The Kier molecular flexibility index (Phi) is 3.15. The molecule has 0 aliphatic rings. The summed E-state index contributed by atoms with van der Waals surface area (Å²) in [6.45, 7) is 0. The van der Waals surface area contributed by atoms with Crippen molar-refractivity contribution in [3.05, 3.63) is 51.9 Å². The molecule has 0 aliphatic carbocycles. The Morgan fingerprint density at radius 3 is 2.76 bits per heavy atom. The number of hydrogen-bond acceptors (Lipinski definition) is 5. The van der Waals surface area contributed by atoms with E-state index in [0.29, 0.717) is 10.8 Å². The van der Waals surface area contributed by atoms with Crippen molar-refractivity contribution in [2.24, 2.45) is 0 Å². The number of aromatic nitrogens is 2. The molecule has 0 fully saturated rings. The summed E-state index contributed by atoms with van der Waals surface area (Å²) in [6.07, 6.45) is 4.18. The Bertz CT molecular complexity index is 544. The van der Waals surface area contributed by atoms with E-state index in [1.54, 1.807) is 12.1 Å². The molecule has 2 aromatic rings. The minimum Gasteiger partial charge on any atom is -0.333 e. The Morgan fingerprint density at radius 1 is 1.29 bits per heavy atom. The van der Waals surface area contributed by atoms with Crippen LogP contribution in [0.15, 0.2) is 36.8 Å². The minimum atomic E-state index is -0.486. The topological polar surface area (TPSA) is 81.0 Å². The molecule has 0 radical (unpaired) electrons. The molecule has 2 rings (SSSR count). The monoisotopic (exact) mass is 250 g/mol. The zero-order chi connectivity index (χ0) is 12.3. The highest BCUT2D eigenvalue weighted by Crippen LogP contribution is 2.25. The van der Waals surface area contributed by atoms with Gasteiger partial charge in [0.05, 0.1) is 16.1 Å². The Labute approximate surface area is 101 Å². The van der Waals surface area contributed by atoms with Crippen LogP contribution in [0.25, 0.3) is 0 Å². The molecule has 0 aromatic carbocycles. The molecule has 0 spiro atoms. The number of nitro groups is 1. The van der Waals surface area contributed by atoms with E-state index in [-0.39, 0.29) is 11.4 Å². The maximum atomic E-state index is 10.8. The average molecular weight is 251 g/mol. The van der Waals surface area contributed by atoms with Gasteiger partial charge in [-0.25, -0.2) is 4.98 Å². The fourth-order valence-electron chi connectivity index (χ4n) is 1.23. The van der Waals surface area contributed by atoms with Crippen molar-refractivity contribution in [2.75, 3.05) is 5.32 Å². The fraction of sp³-hybridized carbons (Fsp3) is 0. The van der Waals surface area contributed by atoms with Gasteiger partial charge in [-0.05, 0) is 12.1 Å². The van der Waals surface area contributed by atoms with Crippen molar-refractivity contribution in [3.63, 3.8) is 0 Å². The summed E-state index contributed by atoms with van der Waals surface area (Å²) < 4.78 is 0. The molecular formula is C10H7ClN4O2. The van der Waals surface area contributed by atoms with Crippen molar-refractivity contribution in [3.8, 4) is 0 Å². The normalized spacial score (nSPS) is 9.94.